The van der Waals surface area contributed by atoms with Gasteiger partial charge in [-0.15, -0.1) is 0 Å². The van der Waals surface area contributed by atoms with E-state index in [2.05, 4.69) is 5.32 Å². The number of ether oxygens (including phenoxy) is 1. The molecule has 0 spiro atoms. The highest BCUT2D eigenvalue weighted by Crippen LogP contribution is 2.14. The molecule has 1 aromatic carbocycles. The van der Waals surface area contributed by atoms with Crippen molar-refractivity contribution < 1.29 is 14.3 Å². The summed E-state index contributed by atoms with van der Waals surface area (Å²) in [7, 11) is 0. The second kappa shape index (κ2) is 6.92. The summed E-state index contributed by atoms with van der Waals surface area (Å²) in [6, 6.07) is 6.56. The Labute approximate surface area is 114 Å². The lowest BCUT2D eigenvalue weighted by Gasteiger charge is -2.09. The minimum atomic E-state index is -0.281. The Kier molecular flexibility index (Phi) is 5.55. The van der Waals surface area contributed by atoms with E-state index >= 15 is 0 Å². The molecule has 0 heterocycles. The van der Waals surface area contributed by atoms with Crippen LogP contribution in [0.25, 0.3) is 0 Å². The summed E-state index contributed by atoms with van der Waals surface area (Å²) in [5.41, 5.74) is 0.560. The largest absolute Gasteiger partial charge is 0.426 e. The Bertz CT molecular complexity index is 435. The van der Waals surface area contributed by atoms with Crippen LogP contribution in [0, 0.1) is 11.8 Å². The third-order valence-corrected chi connectivity index (χ3v) is 2.48. The minimum absolute atomic E-state index is 0.115. The van der Waals surface area contributed by atoms with Crippen LogP contribution in [-0.4, -0.2) is 18.4 Å². The summed E-state index contributed by atoms with van der Waals surface area (Å²) in [6.45, 7) is 8.26. The van der Waals surface area contributed by atoms with Gasteiger partial charge in [0.2, 0.25) is 0 Å². The highest BCUT2D eigenvalue weighted by atomic mass is 16.5. The molecule has 104 valence electrons. The van der Waals surface area contributed by atoms with Gasteiger partial charge in [-0.05, 0) is 30.2 Å². The van der Waals surface area contributed by atoms with E-state index in [0.29, 0.717) is 23.8 Å². The molecule has 1 rings (SSSR count). The Balaban J connectivity index is 2.61. The number of hydrogen-bond donors (Lipinski definition) is 1. The molecular weight excluding hydrogens is 242 g/mol. The lowest BCUT2D eigenvalue weighted by Crippen LogP contribution is -2.27. The van der Waals surface area contributed by atoms with Crippen LogP contribution in [0.15, 0.2) is 24.3 Å². The van der Waals surface area contributed by atoms with Crippen molar-refractivity contribution in [3.63, 3.8) is 0 Å². The molecule has 1 N–H and O–H groups in total. The second-order valence-corrected chi connectivity index (χ2v) is 5.20. The van der Waals surface area contributed by atoms with Gasteiger partial charge >= 0.3 is 5.97 Å². The van der Waals surface area contributed by atoms with Crippen LogP contribution in [-0.2, 0) is 4.79 Å². The van der Waals surface area contributed by atoms with E-state index in [-0.39, 0.29) is 17.8 Å². The van der Waals surface area contributed by atoms with Crippen molar-refractivity contribution in [2.24, 2.45) is 11.8 Å². The number of carbonyl (C=O) groups excluding carboxylic acids is 2. The SMILES string of the molecule is CC(C)CNC(=O)c1ccc(OC(=O)C(C)C)cc1. The van der Waals surface area contributed by atoms with Crippen molar-refractivity contribution >= 4 is 11.9 Å². The molecule has 0 saturated carbocycles. The number of rotatable bonds is 5. The van der Waals surface area contributed by atoms with Gasteiger partial charge in [-0.2, -0.15) is 0 Å². The zero-order chi connectivity index (χ0) is 14.4. The maximum Gasteiger partial charge on any atom is 0.313 e. The Morgan fingerprint density at radius 3 is 2.16 bits per heavy atom. The first-order chi connectivity index (χ1) is 8.90. The zero-order valence-corrected chi connectivity index (χ0v) is 11.9. The number of esters is 1. The van der Waals surface area contributed by atoms with Crippen LogP contribution in [0.1, 0.15) is 38.1 Å². The first-order valence-corrected chi connectivity index (χ1v) is 6.50. The molecule has 0 aromatic heterocycles. The second-order valence-electron chi connectivity index (χ2n) is 5.20. The summed E-state index contributed by atoms with van der Waals surface area (Å²) in [6.07, 6.45) is 0. The average Bonchev–Trinajstić information content (AvgIpc) is 2.36. The summed E-state index contributed by atoms with van der Waals surface area (Å²) in [4.78, 5) is 23.2. The number of amides is 1. The van der Waals surface area contributed by atoms with Crippen LogP contribution in [0.5, 0.6) is 5.75 Å². The van der Waals surface area contributed by atoms with Crippen molar-refractivity contribution in [2.75, 3.05) is 6.54 Å². The fourth-order valence-corrected chi connectivity index (χ4v) is 1.31. The van der Waals surface area contributed by atoms with Gasteiger partial charge in [-0.3, -0.25) is 9.59 Å². The lowest BCUT2D eigenvalue weighted by molar-refractivity contribution is -0.137. The van der Waals surface area contributed by atoms with Crippen LogP contribution < -0.4 is 10.1 Å². The minimum Gasteiger partial charge on any atom is -0.426 e. The molecule has 0 saturated heterocycles. The van der Waals surface area contributed by atoms with Gasteiger partial charge in [0, 0.05) is 12.1 Å². The maximum absolute atomic E-state index is 11.8. The molecule has 0 aliphatic rings. The monoisotopic (exact) mass is 263 g/mol. The number of benzene rings is 1. The van der Waals surface area contributed by atoms with Crippen molar-refractivity contribution in [3.8, 4) is 5.75 Å². The molecule has 0 radical (unpaired) electrons. The molecular formula is C15H21NO3. The van der Waals surface area contributed by atoms with Gasteiger partial charge in [0.25, 0.3) is 5.91 Å². The maximum atomic E-state index is 11.8. The Hall–Kier alpha value is -1.84. The summed E-state index contributed by atoms with van der Waals surface area (Å²) in [5, 5.41) is 2.83. The van der Waals surface area contributed by atoms with E-state index in [1.165, 1.54) is 0 Å². The van der Waals surface area contributed by atoms with Crippen molar-refractivity contribution in [3.05, 3.63) is 29.8 Å². The van der Waals surface area contributed by atoms with E-state index in [0.717, 1.165) is 0 Å². The molecule has 1 amide bonds. The number of hydrogen-bond acceptors (Lipinski definition) is 3. The van der Waals surface area contributed by atoms with Crippen LogP contribution in [0.4, 0.5) is 0 Å². The Morgan fingerprint density at radius 2 is 1.68 bits per heavy atom. The summed E-state index contributed by atoms with van der Waals surface area (Å²) >= 11 is 0. The molecule has 0 bridgehead atoms. The van der Waals surface area contributed by atoms with Gasteiger partial charge in [0.15, 0.2) is 0 Å². The van der Waals surface area contributed by atoms with Crippen molar-refractivity contribution in [2.45, 2.75) is 27.7 Å². The van der Waals surface area contributed by atoms with E-state index in [1.54, 1.807) is 38.1 Å². The molecule has 0 atom stereocenters. The smallest absolute Gasteiger partial charge is 0.313 e. The normalized spacial score (nSPS) is 10.6. The van der Waals surface area contributed by atoms with E-state index < -0.39 is 0 Å². The zero-order valence-electron chi connectivity index (χ0n) is 11.9. The lowest BCUT2D eigenvalue weighted by atomic mass is 10.2. The standard InChI is InChI=1S/C15H21NO3/c1-10(2)9-16-14(17)12-5-7-13(8-6-12)19-15(18)11(3)4/h5-8,10-11H,9H2,1-4H3,(H,16,17). The highest BCUT2D eigenvalue weighted by molar-refractivity contribution is 5.94. The van der Waals surface area contributed by atoms with Crippen LogP contribution >= 0.6 is 0 Å². The van der Waals surface area contributed by atoms with Crippen molar-refractivity contribution in [1.82, 2.24) is 5.32 Å². The molecule has 1 aromatic rings. The van der Waals surface area contributed by atoms with E-state index in [4.69, 9.17) is 4.74 Å². The third kappa shape index (κ3) is 5.12. The summed E-state index contributed by atoms with van der Waals surface area (Å²) in [5.74, 6) is 0.302. The van der Waals surface area contributed by atoms with E-state index in [9.17, 15) is 9.59 Å². The number of carbonyl (C=O) groups is 2. The molecule has 19 heavy (non-hydrogen) atoms. The van der Waals surface area contributed by atoms with Gasteiger partial charge in [-0.25, -0.2) is 0 Å². The molecule has 0 unspecified atom stereocenters. The predicted octanol–water partition coefficient (Wildman–Crippen LogP) is 2.63. The predicted molar refractivity (Wildman–Crippen MR) is 74.1 cm³/mol. The first kappa shape index (κ1) is 15.2. The topological polar surface area (TPSA) is 55.4 Å². The molecule has 0 aliphatic heterocycles. The molecule has 4 heteroatoms. The highest BCUT2D eigenvalue weighted by Gasteiger charge is 2.10. The van der Waals surface area contributed by atoms with Crippen LogP contribution in [0.2, 0.25) is 0 Å². The van der Waals surface area contributed by atoms with Gasteiger partial charge < -0.3 is 10.1 Å². The third-order valence-electron chi connectivity index (χ3n) is 2.48. The quantitative estimate of drug-likeness (QED) is 0.656. The van der Waals surface area contributed by atoms with Gasteiger partial charge in [0.05, 0.1) is 5.92 Å². The molecule has 0 aliphatic carbocycles. The van der Waals surface area contributed by atoms with E-state index in [1.807, 2.05) is 13.8 Å². The number of nitrogens with one attached hydrogen (secondary N) is 1. The Morgan fingerprint density at radius 1 is 1.11 bits per heavy atom. The molecule has 4 nitrogen and oxygen atoms in total. The average molecular weight is 263 g/mol. The van der Waals surface area contributed by atoms with Gasteiger partial charge in [0.1, 0.15) is 5.75 Å². The van der Waals surface area contributed by atoms with Gasteiger partial charge in [-0.1, -0.05) is 27.7 Å². The summed E-state index contributed by atoms with van der Waals surface area (Å²) < 4.78 is 5.14. The fraction of sp³-hybridized carbons (Fsp3) is 0.467. The van der Waals surface area contributed by atoms with Crippen LogP contribution in [0.3, 0.4) is 0 Å². The fourth-order valence-electron chi connectivity index (χ4n) is 1.31. The van der Waals surface area contributed by atoms with Crippen molar-refractivity contribution in [1.29, 1.82) is 0 Å². The molecule has 0 fully saturated rings. The first-order valence-electron chi connectivity index (χ1n) is 6.50.